The largest absolute Gasteiger partial charge is 0.486 e. The van der Waals surface area contributed by atoms with Crippen LogP contribution in [0.5, 0.6) is 5.75 Å². The third-order valence-corrected chi connectivity index (χ3v) is 16.1. The predicted molar refractivity (Wildman–Crippen MR) is 253 cm³/mol. The van der Waals surface area contributed by atoms with Gasteiger partial charge in [-0.05, 0) is 43.3 Å². The molecule has 7 aromatic carbocycles. The first-order valence-electron chi connectivity index (χ1n) is 19.5. The molecular weight excluding hydrogens is 1140 g/mol. The summed E-state index contributed by atoms with van der Waals surface area (Å²) in [6, 6.07) is 29.6. The van der Waals surface area contributed by atoms with Crippen molar-refractivity contribution in [3.8, 4) is 5.75 Å². The Morgan fingerprint density at radius 3 is 0.986 bits per heavy atom. The summed E-state index contributed by atoms with van der Waals surface area (Å²) in [6.45, 7) is 3.88. The molecule has 0 aliphatic rings. The highest BCUT2D eigenvalue weighted by Crippen LogP contribution is 2.41. The first-order valence-corrected chi connectivity index (χ1v) is 23.7. The van der Waals surface area contributed by atoms with Crippen LogP contribution in [0.2, 0.25) is 40.2 Å². The summed E-state index contributed by atoms with van der Waals surface area (Å²) in [5.74, 6) is -30.3. The summed E-state index contributed by atoms with van der Waals surface area (Å²) < 4.78 is 194. The Morgan fingerprint density at radius 1 is 0.371 bits per heavy atom. The minimum absolute atomic E-state index is 0.199. The molecule has 0 spiro atoms. The summed E-state index contributed by atoms with van der Waals surface area (Å²) in [5, 5.41) is -13.9. The Kier molecular flexibility index (Phi) is 18.2. The van der Waals surface area contributed by atoms with Gasteiger partial charge in [0.1, 0.15) is 46.9 Å². The van der Waals surface area contributed by atoms with E-state index >= 15 is 35.1 Å². The molecule has 2 nitrogen and oxygen atoms in total. The van der Waals surface area contributed by atoms with Crippen LogP contribution in [0.25, 0.3) is 0 Å². The molecule has 0 N–H and O–H groups in total. The highest BCUT2D eigenvalue weighted by Gasteiger charge is 2.50. The van der Waals surface area contributed by atoms with E-state index < -0.39 is 138 Å². The second-order valence-electron chi connectivity index (χ2n) is 14.2. The van der Waals surface area contributed by atoms with E-state index in [4.69, 9.17) is 102 Å². The minimum Gasteiger partial charge on any atom is -0.486 e. The SMILES string of the molecule is CCOCCOc1ccccc1[S+](c1ccccc1)c1ccccc1.Fc1c(F)c(Cl)c(Cl)c([B-](c2c(F)c(F)c(F)c(Cl)c2Cl)(c2c(F)c(F)c(F)c(Cl)c2Cl)c2c(F)c(F)c(F)c(Cl)c2Cl)c1F. The van der Waals surface area contributed by atoms with Gasteiger partial charge >= 0.3 is 0 Å². The molecule has 24 heteroatoms. The van der Waals surface area contributed by atoms with Gasteiger partial charge in [-0.25, -0.2) is 52.7 Å². The van der Waals surface area contributed by atoms with Gasteiger partial charge in [0, 0.05) is 26.7 Å². The van der Waals surface area contributed by atoms with Gasteiger partial charge in [0.2, 0.25) is 4.90 Å². The molecule has 7 rings (SSSR count). The monoisotopic (exact) mass is 1160 g/mol. The lowest BCUT2D eigenvalue weighted by Gasteiger charge is -2.46. The van der Waals surface area contributed by atoms with Crippen molar-refractivity contribution in [3.05, 3.63) is 195 Å². The fourth-order valence-corrected chi connectivity index (χ4v) is 11.7. The smallest absolute Gasteiger partial charge is 0.208 e. The molecular formula is C46H23BCl8F12O2S. The van der Waals surface area contributed by atoms with Crippen LogP contribution < -0.4 is 26.6 Å². The number of rotatable bonds is 12. The Hall–Kier alpha value is -3.81. The van der Waals surface area contributed by atoms with E-state index in [2.05, 4.69) is 72.8 Å². The standard InChI is InChI=1S/C24BCl8F12.C22H23O2S/c26-5-1(13(34)21(42)17(38)9(5)30)25(2-6(27)10(31)18(39)22(43)14(2)35,3-7(28)11(32)19(40)23(44)15(3)36)4-8(29)12(33)20(41)24(45)16(4)37;1-2-23-17-18-24-21-15-9-10-16-22(21)25(19-11-5-3-6-12-19)20-13-7-4-8-14-20/h;3-16H,2,17-18H2,1H3/q-1;+1. The molecule has 0 aliphatic heterocycles. The van der Waals surface area contributed by atoms with Crippen molar-refractivity contribution in [1.29, 1.82) is 0 Å². The lowest BCUT2D eigenvalue weighted by molar-refractivity contribution is 0.109. The topological polar surface area (TPSA) is 18.5 Å². The molecule has 0 fully saturated rings. The lowest BCUT2D eigenvalue weighted by Crippen LogP contribution is -2.79. The maximum atomic E-state index is 16.0. The number of ether oxygens (including phenoxy) is 2. The first-order chi connectivity index (χ1) is 33.1. The van der Waals surface area contributed by atoms with Crippen LogP contribution in [0, 0.1) is 69.8 Å². The van der Waals surface area contributed by atoms with Gasteiger partial charge in [0.05, 0.1) is 26.7 Å². The summed E-state index contributed by atoms with van der Waals surface area (Å²) >= 11 is 46.6. The van der Waals surface area contributed by atoms with Gasteiger partial charge < -0.3 is 9.47 Å². The van der Waals surface area contributed by atoms with E-state index in [1.807, 2.05) is 19.1 Å². The van der Waals surface area contributed by atoms with Gasteiger partial charge in [-0.1, -0.05) is 141 Å². The summed E-state index contributed by atoms with van der Waals surface area (Å²) in [5.41, 5.74) is -8.47. The third-order valence-electron chi connectivity index (χ3n) is 10.4. The van der Waals surface area contributed by atoms with Crippen molar-refractivity contribution in [1.82, 2.24) is 0 Å². The molecule has 0 saturated carbocycles. The molecule has 0 amide bonds. The van der Waals surface area contributed by atoms with Crippen LogP contribution in [-0.4, -0.2) is 26.0 Å². The molecule has 0 aliphatic carbocycles. The van der Waals surface area contributed by atoms with E-state index in [-0.39, 0.29) is 10.9 Å². The van der Waals surface area contributed by atoms with Crippen molar-refractivity contribution in [3.63, 3.8) is 0 Å². The molecule has 0 bridgehead atoms. The third kappa shape index (κ3) is 9.87. The Morgan fingerprint density at radius 2 is 0.671 bits per heavy atom. The fourth-order valence-electron chi connectivity index (χ4n) is 7.47. The predicted octanol–water partition coefficient (Wildman–Crippen LogP) is 15.2. The summed E-state index contributed by atoms with van der Waals surface area (Å²) in [4.78, 5) is 3.78. The summed E-state index contributed by atoms with van der Waals surface area (Å²) in [6.07, 6.45) is -5.62. The Labute approximate surface area is 433 Å². The second-order valence-corrected chi connectivity index (χ2v) is 19.2. The highest BCUT2D eigenvalue weighted by atomic mass is 35.5. The average Bonchev–Trinajstić information content (AvgIpc) is 3.36. The zero-order valence-corrected chi connectivity index (χ0v) is 41.4. The van der Waals surface area contributed by atoms with Gasteiger partial charge in [-0.2, -0.15) is 0 Å². The quantitative estimate of drug-likeness (QED) is 0.0303. The zero-order valence-electron chi connectivity index (χ0n) is 34.6. The number of hydrogen-bond acceptors (Lipinski definition) is 2. The molecule has 70 heavy (non-hydrogen) atoms. The maximum Gasteiger partial charge on any atom is 0.208 e. The molecule has 0 radical (unpaired) electrons. The van der Waals surface area contributed by atoms with Gasteiger partial charge in [-0.15, -0.1) is 21.9 Å². The van der Waals surface area contributed by atoms with Crippen LogP contribution in [0.1, 0.15) is 6.92 Å². The summed E-state index contributed by atoms with van der Waals surface area (Å²) in [7, 11) is -0.199. The number of hydrogen-bond donors (Lipinski definition) is 0. The first kappa shape index (κ1) is 55.5. The van der Waals surface area contributed by atoms with Crippen molar-refractivity contribution in [2.75, 3.05) is 19.8 Å². The second kappa shape index (κ2) is 23.0. The zero-order chi connectivity index (χ0) is 51.7. The van der Waals surface area contributed by atoms with E-state index in [0.29, 0.717) is 19.8 Å². The van der Waals surface area contributed by atoms with Crippen LogP contribution in [0.3, 0.4) is 0 Å². The molecule has 0 unspecified atom stereocenters. The normalized spacial score (nSPS) is 11.6. The van der Waals surface area contributed by atoms with Crippen molar-refractivity contribution in [2.45, 2.75) is 21.6 Å². The van der Waals surface area contributed by atoms with Crippen LogP contribution in [0.15, 0.2) is 99.6 Å². The Balaban J connectivity index is 0.000000270. The number of benzene rings is 7. The van der Waals surface area contributed by atoms with Gasteiger partial charge in [-0.3, -0.25) is 0 Å². The highest BCUT2D eigenvalue weighted by molar-refractivity contribution is 7.97. The van der Waals surface area contributed by atoms with Crippen molar-refractivity contribution in [2.24, 2.45) is 0 Å². The van der Waals surface area contributed by atoms with Crippen molar-refractivity contribution < 1.29 is 62.2 Å². The fraction of sp³-hybridized carbons (Fsp3) is 0.0870. The maximum absolute atomic E-state index is 16.0. The van der Waals surface area contributed by atoms with E-state index in [1.165, 1.54) is 14.7 Å². The van der Waals surface area contributed by atoms with E-state index in [9.17, 15) is 17.6 Å². The van der Waals surface area contributed by atoms with Crippen LogP contribution >= 0.6 is 92.8 Å². The number of halogens is 20. The molecule has 7 aromatic rings. The average molecular weight is 1160 g/mol. The molecule has 0 atom stereocenters. The van der Waals surface area contributed by atoms with Gasteiger partial charge in [0.25, 0.3) is 0 Å². The molecule has 0 saturated heterocycles. The van der Waals surface area contributed by atoms with Crippen molar-refractivity contribution >= 4 is 132 Å². The van der Waals surface area contributed by atoms with Gasteiger partial charge in [0.15, 0.2) is 62.1 Å². The number of para-hydroxylation sites is 1. The molecule has 0 aromatic heterocycles. The Bertz CT molecular complexity index is 2710. The van der Waals surface area contributed by atoms with Crippen LogP contribution in [0.4, 0.5) is 52.7 Å². The minimum atomic E-state index is -5.62. The van der Waals surface area contributed by atoms with E-state index in [1.54, 1.807) is 0 Å². The van der Waals surface area contributed by atoms with E-state index in [0.717, 1.165) is 5.75 Å². The van der Waals surface area contributed by atoms with Crippen LogP contribution in [-0.2, 0) is 15.6 Å². The molecule has 0 heterocycles. The lowest BCUT2D eigenvalue weighted by atomic mass is 9.12. The molecule has 368 valence electrons.